The molecule has 25 heavy (non-hydrogen) atoms. The molecule has 0 aromatic heterocycles. The van der Waals surface area contributed by atoms with E-state index in [2.05, 4.69) is 10.6 Å². The summed E-state index contributed by atoms with van der Waals surface area (Å²) in [4.78, 5) is 37.5. The van der Waals surface area contributed by atoms with Gasteiger partial charge in [0.2, 0.25) is 11.8 Å². The molecule has 0 saturated heterocycles. The molecule has 3 aliphatic rings. The fourth-order valence-electron chi connectivity index (χ4n) is 4.67. The maximum atomic E-state index is 13.1. The molecule has 3 aliphatic carbocycles. The van der Waals surface area contributed by atoms with Crippen LogP contribution < -0.4 is 16.4 Å². The van der Waals surface area contributed by atoms with E-state index in [9.17, 15) is 19.5 Å². The SMILES string of the molecule is NC1(C(=O)NC2(C(=O)NC3(C(=O)O)CCCC3)CCCC2)CCCC1. The lowest BCUT2D eigenvalue weighted by atomic mass is 9.89. The highest BCUT2D eigenvalue weighted by molar-refractivity contribution is 5.97. The lowest BCUT2D eigenvalue weighted by molar-refractivity contribution is -0.149. The summed E-state index contributed by atoms with van der Waals surface area (Å²) in [5, 5.41) is 15.3. The lowest BCUT2D eigenvalue weighted by Gasteiger charge is -2.36. The van der Waals surface area contributed by atoms with Crippen LogP contribution in [0.4, 0.5) is 0 Å². The van der Waals surface area contributed by atoms with Crippen molar-refractivity contribution in [1.29, 1.82) is 0 Å². The van der Waals surface area contributed by atoms with Gasteiger partial charge in [-0.1, -0.05) is 38.5 Å². The summed E-state index contributed by atoms with van der Waals surface area (Å²) in [5.74, 6) is -1.61. The molecule has 0 spiro atoms. The Balaban J connectivity index is 1.76. The number of nitrogens with two attached hydrogens (primary N) is 1. The Morgan fingerprint density at radius 1 is 0.680 bits per heavy atom. The maximum Gasteiger partial charge on any atom is 0.329 e. The van der Waals surface area contributed by atoms with Crippen LogP contribution >= 0.6 is 0 Å². The second-order valence-corrected chi connectivity index (χ2v) is 8.16. The Morgan fingerprint density at radius 2 is 1.08 bits per heavy atom. The largest absolute Gasteiger partial charge is 0.480 e. The van der Waals surface area contributed by atoms with Crippen molar-refractivity contribution in [2.45, 2.75) is 93.7 Å². The topological polar surface area (TPSA) is 122 Å². The van der Waals surface area contributed by atoms with Gasteiger partial charge in [0, 0.05) is 0 Å². The molecule has 0 aromatic carbocycles. The number of hydrogen-bond donors (Lipinski definition) is 4. The number of carbonyl (C=O) groups excluding carboxylic acids is 2. The lowest BCUT2D eigenvalue weighted by Crippen LogP contribution is -2.66. The zero-order chi connectivity index (χ0) is 18.1. The molecular formula is C18H29N3O4. The van der Waals surface area contributed by atoms with Crippen molar-refractivity contribution in [1.82, 2.24) is 10.6 Å². The van der Waals surface area contributed by atoms with E-state index in [0.717, 1.165) is 38.5 Å². The summed E-state index contributed by atoms with van der Waals surface area (Å²) in [5.41, 5.74) is 3.14. The minimum atomic E-state index is -1.19. The fraction of sp³-hybridized carbons (Fsp3) is 0.833. The summed E-state index contributed by atoms with van der Waals surface area (Å²) < 4.78 is 0. The van der Waals surface area contributed by atoms with Gasteiger partial charge in [0.05, 0.1) is 5.54 Å². The van der Waals surface area contributed by atoms with Crippen LogP contribution in [-0.2, 0) is 14.4 Å². The molecule has 2 amide bonds. The molecule has 5 N–H and O–H groups in total. The first kappa shape index (κ1) is 18.2. The number of hydrogen-bond acceptors (Lipinski definition) is 4. The molecule has 0 aliphatic heterocycles. The Bertz CT molecular complexity index is 557. The van der Waals surface area contributed by atoms with Crippen molar-refractivity contribution in [3.63, 3.8) is 0 Å². The van der Waals surface area contributed by atoms with Crippen molar-refractivity contribution in [3.05, 3.63) is 0 Å². The van der Waals surface area contributed by atoms with Crippen LogP contribution in [0.2, 0.25) is 0 Å². The van der Waals surface area contributed by atoms with E-state index in [-0.39, 0.29) is 11.8 Å². The van der Waals surface area contributed by atoms with Gasteiger partial charge in [-0.15, -0.1) is 0 Å². The first-order valence-corrected chi connectivity index (χ1v) is 9.50. The normalized spacial score (nSPS) is 26.3. The van der Waals surface area contributed by atoms with Gasteiger partial charge in [-0.3, -0.25) is 9.59 Å². The minimum Gasteiger partial charge on any atom is -0.480 e. The molecule has 0 unspecified atom stereocenters. The van der Waals surface area contributed by atoms with Gasteiger partial charge in [0.25, 0.3) is 0 Å². The fourth-order valence-corrected chi connectivity index (χ4v) is 4.67. The molecule has 140 valence electrons. The van der Waals surface area contributed by atoms with Crippen LogP contribution in [0.3, 0.4) is 0 Å². The molecule has 0 heterocycles. The number of aliphatic carboxylic acids is 1. The summed E-state index contributed by atoms with van der Waals surface area (Å²) in [6, 6.07) is 0. The smallest absolute Gasteiger partial charge is 0.329 e. The second kappa shape index (κ2) is 6.59. The highest BCUT2D eigenvalue weighted by atomic mass is 16.4. The van der Waals surface area contributed by atoms with Crippen LogP contribution in [-0.4, -0.2) is 39.5 Å². The number of amides is 2. The van der Waals surface area contributed by atoms with Crippen LogP contribution in [0.15, 0.2) is 0 Å². The summed E-state index contributed by atoms with van der Waals surface area (Å²) in [6.07, 6.45) is 8.33. The van der Waals surface area contributed by atoms with Gasteiger partial charge in [0.1, 0.15) is 11.1 Å². The monoisotopic (exact) mass is 351 g/mol. The molecule has 0 atom stereocenters. The Kier molecular flexibility index (Phi) is 4.79. The summed E-state index contributed by atoms with van der Waals surface area (Å²) in [6.45, 7) is 0. The van der Waals surface area contributed by atoms with Gasteiger partial charge >= 0.3 is 5.97 Å². The summed E-state index contributed by atoms with van der Waals surface area (Å²) in [7, 11) is 0. The first-order chi connectivity index (χ1) is 11.8. The third kappa shape index (κ3) is 3.26. The van der Waals surface area contributed by atoms with Crippen LogP contribution in [0.25, 0.3) is 0 Å². The minimum absolute atomic E-state index is 0.266. The third-order valence-electron chi connectivity index (χ3n) is 6.41. The summed E-state index contributed by atoms with van der Waals surface area (Å²) >= 11 is 0. The van der Waals surface area contributed by atoms with Gasteiger partial charge in [-0.25, -0.2) is 4.79 Å². The number of nitrogens with one attached hydrogen (secondary N) is 2. The van der Waals surface area contributed by atoms with E-state index in [1.807, 2.05) is 0 Å². The molecule has 7 heteroatoms. The van der Waals surface area contributed by atoms with E-state index >= 15 is 0 Å². The third-order valence-corrected chi connectivity index (χ3v) is 6.41. The predicted octanol–water partition coefficient (Wildman–Crippen LogP) is 1.20. The van der Waals surface area contributed by atoms with Crippen LogP contribution in [0.5, 0.6) is 0 Å². The van der Waals surface area contributed by atoms with E-state index in [4.69, 9.17) is 5.73 Å². The molecule has 3 saturated carbocycles. The van der Waals surface area contributed by atoms with Crippen molar-refractivity contribution in [2.24, 2.45) is 5.73 Å². The van der Waals surface area contributed by atoms with E-state index in [1.165, 1.54) is 0 Å². The average Bonchev–Trinajstić information content (AvgIpc) is 3.29. The highest BCUT2D eigenvalue weighted by Gasteiger charge is 2.51. The maximum absolute atomic E-state index is 13.1. The first-order valence-electron chi connectivity index (χ1n) is 9.50. The van der Waals surface area contributed by atoms with E-state index < -0.39 is 22.6 Å². The molecular weight excluding hydrogens is 322 g/mol. The van der Waals surface area contributed by atoms with Crippen molar-refractivity contribution < 1.29 is 19.5 Å². The molecule has 0 aromatic rings. The zero-order valence-electron chi connectivity index (χ0n) is 14.7. The zero-order valence-corrected chi connectivity index (χ0v) is 14.7. The van der Waals surface area contributed by atoms with Gasteiger partial charge in [-0.05, 0) is 38.5 Å². The number of rotatable bonds is 5. The molecule has 3 rings (SSSR count). The predicted molar refractivity (Wildman–Crippen MR) is 91.7 cm³/mol. The number of carbonyl (C=O) groups is 3. The highest BCUT2D eigenvalue weighted by Crippen LogP contribution is 2.36. The average molecular weight is 351 g/mol. The standard InChI is InChI=1S/C18H29N3O4/c19-16(7-1-2-8-16)13(22)20-17(9-3-4-10-17)14(23)21-18(15(24)25)11-5-6-12-18/h1-12,19H2,(H,20,22)(H,21,23)(H,24,25). The molecule has 3 fully saturated rings. The Hall–Kier alpha value is -1.63. The van der Waals surface area contributed by atoms with Crippen molar-refractivity contribution >= 4 is 17.8 Å². The molecule has 7 nitrogen and oxygen atoms in total. The van der Waals surface area contributed by atoms with Crippen LogP contribution in [0.1, 0.15) is 77.0 Å². The quantitative estimate of drug-likeness (QED) is 0.593. The van der Waals surface area contributed by atoms with Crippen molar-refractivity contribution in [2.75, 3.05) is 0 Å². The van der Waals surface area contributed by atoms with Crippen LogP contribution in [0, 0.1) is 0 Å². The molecule has 0 bridgehead atoms. The number of carboxylic acid groups (broad SMARTS) is 1. The Labute approximate surface area is 148 Å². The number of carboxylic acids is 1. The Morgan fingerprint density at radius 3 is 1.56 bits per heavy atom. The van der Waals surface area contributed by atoms with Gasteiger partial charge in [0.15, 0.2) is 0 Å². The van der Waals surface area contributed by atoms with E-state index in [1.54, 1.807) is 0 Å². The van der Waals surface area contributed by atoms with Gasteiger partial charge in [-0.2, -0.15) is 0 Å². The van der Waals surface area contributed by atoms with Crippen molar-refractivity contribution in [3.8, 4) is 0 Å². The second-order valence-electron chi connectivity index (χ2n) is 8.16. The van der Waals surface area contributed by atoms with E-state index in [0.29, 0.717) is 38.5 Å². The molecule has 0 radical (unpaired) electrons. The van der Waals surface area contributed by atoms with Gasteiger partial charge < -0.3 is 21.5 Å².